The van der Waals surface area contributed by atoms with E-state index in [0.29, 0.717) is 5.95 Å². The third-order valence-corrected chi connectivity index (χ3v) is 1.70. The number of para-hydroxylation sites is 1. The molecular formula is C11H8O2. The Morgan fingerprint density at radius 1 is 1.38 bits per heavy atom. The average molecular weight is 172 g/mol. The van der Waals surface area contributed by atoms with Crippen LogP contribution in [0.3, 0.4) is 0 Å². The number of fused-ring (bicyclic) bond motifs is 1. The first kappa shape index (κ1) is 7.75. The Kier molecular flexibility index (Phi) is 1.93. The minimum Gasteiger partial charge on any atom is -0.452 e. The Morgan fingerprint density at radius 3 is 3.00 bits per heavy atom. The fourth-order valence-electron chi connectivity index (χ4n) is 1.14. The van der Waals surface area contributed by atoms with E-state index in [1.165, 1.54) is 0 Å². The first-order valence-electron chi connectivity index (χ1n) is 3.95. The van der Waals surface area contributed by atoms with Crippen LogP contribution in [0.2, 0.25) is 0 Å². The molecule has 0 aliphatic carbocycles. The highest BCUT2D eigenvalue weighted by atomic mass is 16.6. The lowest BCUT2D eigenvalue weighted by atomic mass is 10.3. The van der Waals surface area contributed by atoms with E-state index in [4.69, 9.17) is 15.6 Å². The maximum Gasteiger partial charge on any atom is 0.286 e. The summed E-state index contributed by atoms with van der Waals surface area (Å²) >= 11 is 0. The SMILES string of the molecule is C#CCOc1cc2ccccc2o1. The molecule has 2 aromatic rings. The van der Waals surface area contributed by atoms with Crippen LogP contribution in [0.25, 0.3) is 11.0 Å². The summed E-state index contributed by atoms with van der Waals surface area (Å²) in [6.07, 6.45) is 5.05. The molecule has 0 N–H and O–H groups in total. The summed E-state index contributed by atoms with van der Waals surface area (Å²) in [5, 5.41) is 1.02. The van der Waals surface area contributed by atoms with Gasteiger partial charge in [0.1, 0.15) is 5.58 Å². The van der Waals surface area contributed by atoms with Crippen LogP contribution in [0.4, 0.5) is 0 Å². The number of benzene rings is 1. The molecule has 0 radical (unpaired) electrons. The molecule has 0 saturated carbocycles. The van der Waals surface area contributed by atoms with Gasteiger partial charge in [-0.05, 0) is 6.07 Å². The van der Waals surface area contributed by atoms with Gasteiger partial charge in [0.05, 0.1) is 0 Å². The van der Waals surface area contributed by atoms with Gasteiger partial charge in [0.2, 0.25) is 0 Å². The smallest absolute Gasteiger partial charge is 0.286 e. The maximum absolute atomic E-state index is 5.35. The van der Waals surface area contributed by atoms with Crippen molar-refractivity contribution in [2.75, 3.05) is 6.61 Å². The Hall–Kier alpha value is -1.88. The molecule has 2 rings (SSSR count). The summed E-state index contributed by atoms with van der Waals surface area (Å²) in [6.45, 7) is 0.236. The van der Waals surface area contributed by atoms with Crippen LogP contribution in [-0.4, -0.2) is 6.61 Å². The first-order chi connectivity index (χ1) is 6.40. The van der Waals surface area contributed by atoms with E-state index in [9.17, 15) is 0 Å². The van der Waals surface area contributed by atoms with E-state index in [2.05, 4.69) is 5.92 Å². The van der Waals surface area contributed by atoms with E-state index >= 15 is 0 Å². The minimum absolute atomic E-state index is 0.236. The van der Waals surface area contributed by atoms with Gasteiger partial charge in [0, 0.05) is 11.5 Å². The summed E-state index contributed by atoms with van der Waals surface area (Å²) in [5.74, 6) is 2.85. The molecule has 0 aliphatic heterocycles. The molecule has 0 bridgehead atoms. The highest BCUT2D eigenvalue weighted by Crippen LogP contribution is 2.23. The van der Waals surface area contributed by atoms with Crippen LogP contribution in [-0.2, 0) is 0 Å². The molecule has 1 aromatic heterocycles. The first-order valence-corrected chi connectivity index (χ1v) is 3.95. The van der Waals surface area contributed by atoms with Crippen LogP contribution < -0.4 is 4.74 Å². The Bertz CT molecular complexity index is 415. The molecule has 0 unspecified atom stereocenters. The van der Waals surface area contributed by atoms with Gasteiger partial charge in [-0.15, -0.1) is 6.42 Å². The van der Waals surface area contributed by atoms with Gasteiger partial charge in [-0.25, -0.2) is 0 Å². The van der Waals surface area contributed by atoms with E-state index in [1.54, 1.807) is 0 Å². The van der Waals surface area contributed by atoms with Crippen molar-refractivity contribution >= 4 is 11.0 Å². The summed E-state index contributed by atoms with van der Waals surface area (Å²) in [5.41, 5.74) is 0.814. The van der Waals surface area contributed by atoms with Crippen LogP contribution in [0.15, 0.2) is 34.7 Å². The number of hydrogen-bond acceptors (Lipinski definition) is 2. The molecule has 2 heteroatoms. The summed E-state index contributed by atoms with van der Waals surface area (Å²) in [6, 6.07) is 9.53. The molecule has 0 aliphatic rings. The molecule has 1 aromatic carbocycles. The van der Waals surface area contributed by atoms with E-state index in [-0.39, 0.29) is 6.61 Å². The molecule has 0 atom stereocenters. The monoisotopic (exact) mass is 172 g/mol. The third-order valence-electron chi connectivity index (χ3n) is 1.70. The quantitative estimate of drug-likeness (QED) is 0.649. The fraction of sp³-hybridized carbons (Fsp3) is 0.0909. The second-order valence-electron chi connectivity index (χ2n) is 2.60. The van der Waals surface area contributed by atoms with Gasteiger partial charge in [0.15, 0.2) is 6.61 Å². The third kappa shape index (κ3) is 1.50. The van der Waals surface area contributed by atoms with Gasteiger partial charge < -0.3 is 9.15 Å². The zero-order valence-electron chi connectivity index (χ0n) is 6.99. The van der Waals surface area contributed by atoms with Crippen molar-refractivity contribution in [1.82, 2.24) is 0 Å². The standard InChI is InChI=1S/C11H8O2/c1-2-7-12-11-8-9-5-3-4-6-10(9)13-11/h1,3-6,8H,7H2. The van der Waals surface area contributed by atoms with Gasteiger partial charge in [-0.2, -0.15) is 0 Å². The highest BCUT2D eigenvalue weighted by Gasteiger charge is 2.01. The fourth-order valence-corrected chi connectivity index (χ4v) is 1.14. The number of terminal acetylenes is 1. The van der Waals surface area contributed by atoms with Crippen LogP contribution in [0.1, 0.15) is 0 Å². The predicted octanol–water partition coefficient (Wildman–Crippen LogP) is 2.44. The van der Waals surface area contributed by atoms with E-state index in [1.807, 2.05) is 30.3 Å². The molecule has 0 fully saturated rings. The lowest BCUT2D eigenvalue weighted by Crippen LogP contribution is -1.90. The van der Waals surface area contributed by atoms with Crippen molar-refractivity contribution in [1.29, 1.82) is 0 Å². The molecule has 0 saturated heterocycles. The topological polar surface area (TPSA) is 22.4 Å². The van der Waals surface area contributed by atoms with Crippen LogP contribution in [0, 0.1) is 12.3 Å². The summed E-state index contributed by atoms with van der Waals surface area (Å²) in [4.78, 5) is 0. The zero-order valence-corrected chi connectivity index (χ0v) is 6.99. The molecule has 1 heterocycles. The Morgan fingerprint density at radius 2 is 2.23 bits per heavy atom. The molecule has 2 nitrogen and oxygen atoms in total. The highest BCUT2D eigenvalue weighted by molar-refractivity contribution is 5.78. The lowest BCUT2D eigenvalue weighted by Gasteiger charge is -1.92. The van der Waals surface area contributed by atoms with Crippen LogP contribution in [0.5, 0.6) is 5.95 Å². The number of furan rings is 1. The second kappa shape index (κ2) is 3.24. The number of ether oxygens (including phenoxy) is 1. The average Bonchev–Trinajstić information content (AvgIpc) is 2.57. The zero-order chi connectivity index (χ0) is 9.10. The Balaban J connectivity index is 2.34. The van der Waals surface area contributed by atoms with Crippen molar-refractivity contribution in [3.8, 4) is 18.3 Å². The largest absolute Gasteiger partial charge is 0.452 e. The minimum atomic E-state index is 0.236. The van der Waals surface area contributed by atoms with Gasteiger partial charge >= 0.3 is 0 Å². The van der Waals surface area contributed by atoms with Crippen molar-refractivity contribution in [2.24, 2.45) is 0 Å². The molecule has 13 heavy (non-hydrogen) atoms. The molecule has 0 spiro atoms. The van der Waals surface area contributed by atoms with Gasteiger partial charge in [-0.3, -0.25) is 0 Å². The second-order valence-corrected chi connectivity index (χ2v) is 2.60. The van der Waals surface area contributed by atoms with Crippen molar-refractivity contribution in [3.05, 3.63) is 30.3 Å². The van der Waals surface area contributed by atoms with E-state index in [0.717, 1.165) is 11.0 Å². The van der Waals surface area contributed by atoms with Crippen molar-refractivity contribution < 1.29 is 9.15 Å². The van der Waals surface area contributed by atoms with Gasteiger partial charge in [-0.1, -0.05) is 24.1 Å². The Labute approximate surface area is 76.1 Å². The van der Waals surface area contributed by atoms with Crippen LogP contribution >= 0.6 is 0 Å². The summed E-state index contributed by atoms with van der Waals surface area (Å²) in [7, 11) is 0. The van der Waals surface area contributed by atoms with E-state index < -0.39 is 0 Å². The number of rotatable bonds is 2. The maximum atomic E-state index is 5.35. The van der Waals surface area contributed by atoms with Gasteiger partial charge in [0.25, 0.3) is 5.95 Å². The summed E-state index contributed by atoms with van der Waals surface area (Å²) < 4.78 is 10.5. The molecule has 0 amide bonds. The number of hydrogen-bond donors (Lipinski definition) is 0. The predicted molar refractivity (Wildman–Crippen MR) is 50.5 cm³/mol. The lowest BCUT2D eigenvalue weighted by molar-refractivity contribution is 0.286. The van der Waals surface area contributed by atoms with Crippen molar-refractivity contribution in [2.45, 2.75) is 0 Å². The molecule has 64 valence electrons. The van der Waals surface area contributed by atoms with Crippen molar-refractivity contribution in [3.63, 3.8) is 0 Å². The molecular weight excluding hydrogens is 164 g/mol. The normalized spacial score (nSPS) is 9.77.